The molecule has 0 atom stereocenters. The Balaban J connectivity index is 2.03. The highest BCUT2D eigenvalue weighted by Gasteiger charge is 2.24. The van der Waals surface area contributed by atoms with Gasteiger partial charge in [-0.3, -0.25) is 4.79 Å². The highest BCUT2D eigenvalue weighted by molar-refractivity contribution is 6.02. The van der Waals surface area contributed by atoms with E-state index in [0.717, 1.165) is 17.7 Å². The molecule has 3 aromatic carbocycles. The van der Waals surface area contributed by atoms with E-state index in [4.69, 9.17) is 4.74 Å². The lowest BCUT2D eigenvalue weighted by molar-refractivity contribution is 0.0966. The predicted octanol–water partition coefficient (Wildman–Crippen LogP) is 4.69. The molecule has 0 spiro atoms. The first-order valence-corrected chi connectivity index (χ1v) is 8.22. The number of benzene rings is 3. The second-order valence-electron chi connectivity index (χ2n) is 6.21. The molecule has 0 radical (unpaired) electrons. The van der Waals surface area contributed by atoms with E-state index >= 15 is 0 Å². The first kappa shape index (κ1) is 17.1. The van der Waals surface area contributed by atoms with E-state index in [1.165, 1.54) is 31.4 Å². The van der Waals surface area contributed by atoms with Crippen LogP contribution in [0.25, 0.3) is 22.3 Å². The normalized spacial score (nSPS) is 12.7. The fraction of sp³-hybridized carbons (Fsp3) is 0.0952. The van der Waals surface area contributed by atoms with E-state index in [1.807, 2.05) is 0 Å². The van der Waals surface area contributed by atoms with E-state index in [0.29, 0.717) is 28.8 Å². The van der Waals surface area contributed by atoms with E-state index in [1.54, 1.807) is 12.1 Å². The zero-order valence-corrected chi connectivity index (χ0v) is 14.3. The molecule has 1 aliphatic heterocycles. The van der Waals surface area contributed by atoms with Gasteiger partial charge in [0.2, 0.25) is 0 Å². The molecule has 0 bridgehead atoms. The van der Waals surface area contributed by atoms with Gasteiger partial charge >= 0.3 is 0 Å². The summed E-state index contributed by atoms with van der Waals surface area (Å²) in [6, 6.07) is 10.6. The highest BCUT2D eigenvalue weighted by Crippen LogP contribution is 2.41. The number of rotatable bonds is 3. The molecule has 0 unspecified atom stereocenters. The first-order chi connectivity index (χ1) is 13.0. The molecule has 3 aromatic rings. The van der Waals surface area contributed by atoms with Gasteiger partial charge in [0.1, 0.15) is 23.2 Å². The third-order valence-electron chi connectivity index (χ3n) is 4.60. The number of carbonyl (C=O) groups is 1. The van der Waals surface area contributed by atoms with Crippen LogP contribution < -0.4 is 10.1 Å². The maximum atomic E-state index is 14.5. The van der Waals surface area contributed by atoms with Crippen molar-refractivity contribution in [3.05, 3.63) is 77.1 Å². The Labute approximate surface area is 153 Å². The minimum absolute atomic E-state index is 0.139. The molecule has 0 saturated carbocycles. The van der Waals surface area contributed by atoms with Crippen LogP contribution in [-0.4, -0.2) is 13.0 Å². The van der Waals surface area contributed by atoms with Crippen molar-refractivity contribution in [1.29, 1.82) is 0 Å². The SMILES string of the molecule is COc1cc(F)ccc1-c1cc2c(cc1-c1ccc(F)cc1F)C(=O)NC2. The van der Waals surface area contributed by atoms with Gasteiger partial charge in [0.25, 0.3) is 5.91 Å². The third kappa shape index (κ3) is 2.93. The van der Waals surface area contributed by atoms with Crippen molar-refractivity contribution >= 4 is 5.91 Å². The lowest BCUT2D eigenvalue weighted by Gasteiger charge is -2.16. The minimum Gasteiger partial charge on any atom is -0.496 e. The van der Waals surface area contributed by atoms with Crippen molar-refractivity contribution in [2.75, 3.05) is 7.11 Å². The Kier molecular flexibility index (Phi) is 4.11. The minimum atomic E-state index is -0.754. The number of hydrogen-bond donors (Lipinski definition) is 1. The molecule has 0 fully saturated rings. The standard InChI is InChI=1S/C21H14F3NO2/c1-27-20-8-13(23)3-5-15(20)17-6-11-10-25-21(26)16(11)9-18(17)14-4-2-12(22)7-19(14)24/h2-9H,10H2,1H3,(H,25,26). The zero-order valence-electron chi connectivity index (χ0n) is 14.3. The maximum Gasteiger partial charge on any atom is 0.251 e. The summed E-state index contributed by atoms with van der Waals surface area (Å²) >= 11 is 0. The van der Waals surface area contributed by atoms with Crippen molar-refractivity contribution in [2.24, 2.45) is 0 Å². The average Bonchev–Trinajstić information content (AvgIpc) is 3.01. The Bertz CT molecular complexity index is 1080. The van der Waals surface area contributed by atoms with Crippen molar-refractivity contribution in [1.82, 2.24) is 5.32 Å². The number of methoxy groups -OCH3 is 1. The van der Waals surface area contributed by atoms with Crippen LogP contribution in [-0.2, 0) is 6.54 Å². The third-order valence-corrected chi connectivity index (χ3v) is 4.60. The summed E-state index contributed by atoms with van der Waals surface area (Å²) in [5, 5.41) is 2.72. The number of carbonyl (C=O) groups excluding carboxylic acids is 1. The van der Waals surface area contributed by atoms with Gasteiger partial charge < -0.3 is 10.1 Å². The Morgan fingerprint density at radius 1 is 0.815 bits per heavy atom. The summed E-state index contributed by atoms with van der Waals surface area (Å²) in [5.74, 6) is -1.91. The van der Waals surface area contributed by atoms with Crippen LogP contribution in [0.4, 0.5) is 13.2 Å². The van der Waals surface area contributed by atoms with Crippen LogP contribution in [0.3, 0.4) is 0 Å². The second-order valence-corrected chi connectivity index (χ2v) is 6.21. The predicted molar refractivity (Wildman–Crippen MR) is 94.9 cm³/mol. The van der Waals surface area contributed by atoms with Gasteiger partial charge in [0.05, 0.1) is 7.11 Å². The van der Waals surface area contributed by atoms with Crippen molar-refractivity contribution < 1.29 is 22.7 Å². The molecule has 1 heterocycles. The molecule has 1 N–H and O–H groups in total. The van der Waals surface area contributed by atoms with Crippen LogP contribution in [0, 0.1) is 17.5 Å². The summed E-state index contributed by atoms with van der Waals surface area (Å²) in [6.07, 6.45) is 0. The number of amides is 1. The topological polar surface area (TPSA) is 38.3 Å². The number of hydrogen-bond acceptors (Lipinski definition) is 2. The van der Waals surface area contributed by atoms with Crippen molar-refractivity contribution in [2.45, 2.75) is 6.54 Å². The van der Waals surface area contributed by atoms with Gasteiger partial charge in [0, 0.05) is 35.4 Å². The lowest BCUT2D eigenvalue weighted by atomic mass is 9.90. The molecule has 0 aliphatic carbocycles. The van der Waals surface area contributed by atoms with E-state index in [9.17, 15) is 18.0 Å². The summed E-state index contributed by atoms with van der Waals surface area (Å²) in [7, 11) is 1.41. The van der Waals surface area contributed by atoms with Crippen LogP contribution >= 0.6 is 0 Å². The molecule has 4 rings (SSSR count). The van der Waals surface area contributed by atoms with Gasteiger partial charge in [-0.25, -0.2) is 13.2 Å². The van der Waals surface area contributed by atoms with Gasteiger partial charge in [-0.15, -0.1) is 0 Å². The highest BCUT2D eigenvalue weighted by atomic mass is 19.1. The van der Waals surface area contributed by atoms with Gasteiger partial charge in [-0.2, -0.15) is 0 Å². The Morgan fingerprint density at radius 3 is 2.19 bits per heavy atom. The molecule has 136 valence electrons. The molecular formula is C21H14F3NO2. The summed E-state index contributed by atoms with van der Waals surface area (Å²) < 4.78 is 46.8. The summed E-state index contributed by atoms with van der Waals surface area (Å²) in [6.45, 7) is 0.344. The quantitative estimate of drug-likeness (QED) is 0.727. The van der Waals surface area contributed by atoms with E-state index < -0.39 is 17.5 Å². The van der Waals surface area contributed by atoms with E-state index in [2.05, 4.69) is 5.32 Å². The van der Waals surface area contributed by atoms with Gasteiger partial charge in [0.15, 0.2) is 0 Å². The molecule has 0 saturated heterocycles. The second kappa shape index (κ2) is 6.46. The van der Waals surface area contributed by atoms with Crippen LogP contribution in [0.5, 0.6) is 5.75 Å². The fourth-order valence-electron chi connectivity index (χ4n) is 3.31. The van der Waals surface area contributed by atoms with Crippen molar-refractivity contribution in [3.8, 4) is 28.0 Å². The summed E-state index contributed by atoms with van der Waals surface area (Å²) in [4.78, 5) is 12.1. The Morgan fingerprint density at radius 2 is 1.48 bits per heavy atom. The average molecular weight is 369 g/mol. The Hall–Kier alpha value is -3.28. The smallest absolute Gasteiger partial charge is 0.251 e. The van der Waals surface area contributed by atoms with Crippen LogP contribution in [0.15, 0.2) is 48.5 Å². The molecule has 1 aliphatic rings. The van der Waals surface area contributed by atoms with Crippen molar-refractivity contribution in [3.63, 3.8) is 0 Å². The largest absolute Gasteiger partial charge is 0.496 e. The molecule has 3 nitrogen and oxygen atoms in total. The zero-order chi connectivity index (χ0) is 19.1. The maximum absolute atomic E-state index is 14.5. The number of halogens is 3. The number of ether oxygens (including phenoxy) is 1. The van der Waals surface area contributed by atoms with Gasteiger partial charge in [-0.05, 0) is 53.1 Å². The molecular weight excluding hydrogens is 355 g/mol. The van der Waals surface area contributed by atoms with Gasteiger partial charge in [-0.1, -0.05) is 0 Å². The number of fused-ring (bicyclic) bond motifs is 1. The molecule has 0 aromatic heterocycles. The molecule has 6 heteroatoms. The molecule has 1 amide bonds. The molecule has 27 heavy (non-hydrogen) atoms. The van der Waals surface area contributed by atoms with E-state index in [-0.39, 0.29) is 17.2 Å². The number of nitrogens with one attached hydrogen (secondary N) is 1. The van der Waals surface area contributed by atoms with Crippen LogP contribution in [0.2, 0.25) is 0 Å². The summed E-state index contributed by atoms with van der Waals surface area (Å²) in [5.41, 5.74) is 2.81. The first-order valence-electron chi connectivity index (χ1n) is 8.22. The van der Waals surface area contributed by atoms with Crippen LogP contribution in [0.1, 0.15) is 15.9 Å². The lowest BCUT2D eigenvalue weighted by Crippen LogP contribution is -2.12. The monoisotopic (exact) mass is 369 g/mol. The fourth-order valence-corrected chi connectivity index (χ4v) is 3.31.